The second-order valence-corrected chi connectivity index (χ2v) is 13.9. The summed E-state index contributed by atoms with van der Waals surface area (Å²) in [6.45, 7) is 13.4. The molecule has 0 unspecified atom stereocenters. The molecule has 0 heterocycles. The van der Waals surface area contributed by atoms with Gasteiger partial charge in [-0.05, 0) is 49.0 Å². The van der Waals surface area contributed by atoms with Crippen molar-refractivity contribution >= 4 is 35.5 Å². The summed E-state index contributed by atoms with van der Waals surface area (Å²) in [5.74, 6) is -3.83. The summed E-state index contributed by atoms with van der Waals surface area (Å²) in [5, 5.41) is 34.0. The monoisotopic (exact) mass is 719 g/mol. The number of amides is 5. The van der Waals surface area contributed by atoms with Crippen LogP contribution in [0.15, 0.2) is 30.3 Å². The lowest BCUT2D eigenvalue weighted by Gasteiger charge is -2.30. The molecule has 7 N–H and O–H groups in total. The fraction of sp³-hybridized carbons (Fsp3) is 0.684. The summed E-state index contributed by atoms with van der Waals surface area (Å²) in [5.41, 5.74) is 1.08. The van der Waals surface area contributed by atoms with Crippen LogP contribution in [-0.4, -0.2) is 82.5 Å². The van der Waals surface area contributed by atoms with Crippen LogP contribution >= 0.6 is 0 Å². The van der Waals surface area contributed by atoms with Crippen LogP contribution in [-0.2, 0) is 35.2 Å². The van der Waals surface area contributed by atoms with Crippen LogP contribution in [0.5, 0.6) is 0 Å². The first-order chi connectivity index (χ1) is 23.6. The second-order valence-electron chi connectivity index (χ2n) is 13.9. The van der Waals surface area contributed by atoms with Crippen molar-refractivity contribution in [2.45, 2.75) is 144 Å². The van der Waals surface area contributed by atoms with E-state index in [1.165, 1.54) is 0 Å². The van der Waals surface area contributed by atoms with Crippen LogP contribution in [0.1, 0.15) is 113 Å². The lowest BCUT2D eigenvalue weighted by Crippen LogP contribution is -2.58. The van der Waals surface area contributed by atoms with Crippen molar-refractivity contribution < 1.29 is 39.0 Å². The van der Waals surface area contributed by atoms with Crippen molar-refractivity contribution in [1.29, 1.82) is 0 Å². The van der Waals surface area contributed by atoms with Crippen LogP contribution in [0.4, 0.5) is 0 Å². The number of carbonyl (C=O) groups is 6. The minimum Gasteiger partial charge on any atom is -0.481 e. The number of aliphatic carboxylic acids is 1. The number of carboxylic acid groups (broad SMARTS) is 1. The predicted octanol–water partition coefficient (Wildman–Crippen LogP) is 3.47. The highest BCUT2D eigenvalue weighted by Crippen LogP contribution is 2.14. The molecule has 0 saturated heterocycles. The second kappa shape index (κ2) is 25.0. The quantitative estimate of drug-likeness (QED) is 0.0841. The molecule has 0 spiro atoms. The molecular weight excluding hydrogens is 654 g/mol. The Bertz CT molecular complexity index is 1230. The average Bonchev–Trinajstić information content (AvgIpc) is 3.04. The zero-order chi connectivity index (χ0) is 37.8. The smallest absolute Gasteiger partial charge is 0.303 e. The zero-order valence-electron chi connectivity index (χ0n) is 30.9. The molecule has 0 aliphatic rings. The Morgan fingerprint density at radius 2 is 1.39 bits per heavy atom. The van der Waals surface area contributed by atoms with Crippen molar-refractivity contribution in [1.82, 2.24) is 26.6 Å². The van der Waals surface area contributed by atoms with Gasteiger partial charge in [0.15, 0.2) is 0 Å². The number of benzene rings is 1. The van der Waals surface area contributed by atoms with E-state index < -0.39 is 59.9 Å². The van der Waals surface area contributed by atoms with E-state index in [1.54, 1.807) is 6.92 Å². The first kappa shape index (κ1) is 47.0. The van der Waals surface area contributed by atoms with Gasteiger partial charge in [0.2, 0.25) is 29.5 Å². The average molecular weight is 720 g/mol. The molecule has 290 valence electrons. The molecule has 0 fully saturated rings. The lowest BCUT2D eigenvalue weighted by atomic mass is 9.95. The molecule has 51 heavy (non-hydrogen) atoms. The third-order valence-electron chi connectivity index (χ3n) is 8.55. The van der Waals surface area contributed by atoms with Gasteiger partial charge in [-0.2, -0.15) is 0 Å². The van der Waals surface area contributed by atoms with Gasteiger partial charge in [-0.1, -0.05) is 99.1 Å². The first-order valence-electron chi connectivity index (χ1n) is 18.0. The summed E-state index contributed by atoms with van der Waals surface area (Å²) >= 11 is 0. The van der Waals surface area contributed by atoms with E-state index in [0.29, 0.717) is 32.2 Å². The number of hydrogen-bond acceptors (Lipinski definition) is 7. The summed E-state index contributed by atoms with van der Waals surface area (Å²) in [6, 6.07) is 6.18. The third kappa shape index (κ3) is 18.7. The largest absolute Gasteiger partial charge is 0.481 e. The highest BCUT2D eigenvalue weighted by Gasteiger charge is 2.33. The molecule has 0 aliphatic heterocycles. The highest BCUT2D eigenvalue weighted by atomic mass is 16.4. The Hall–Kier alpha value is -4.00. The third-order valence-corrected chi connectivity index (χ3v) is 8.55. The SMILES string of the molecule is C.CCC[C@H](NC(=O)[C@@H](NC(=O)CCCC(=O)O)[C@@H](C)CC)C(=O)N[C@@H](CC(C)C)[C@@H](O)CC(=O)N[C@H](C(=O)NCCc1ccccc1)C(C)C. The molecule has 1 rings (SSSR count). The molecule has 1 aromatic carbocycles. The number of rotatable bonds is 24. The van der Waals surface area contributed by atoms with Gasteiger partial charge >= 0.3 is 5.97 Å². The minimum absolute atomic E-state index is 0. The van der Waals surface area contributed by atoms with Gasteiger partial charge in [-0.25, -0.2) is 0 Å². The Morgan fingerprint density at radius 3 is 1.94 bits per heavy atom. The maximum atomic E-state index is 13.6. The molecule has 0 saturated carbocycles. The van der Waals surface area contributed by atoms with Crippen molar-refractivity contribution in [3.63, 3.8) is 0 Å². The van der Waals surface area contributed by atoms with E-state index >= 15 is 0 Å². The molecule has 13 nitrogen and oxygen atoms in total. The summed E-state index contributed by atoms with van der Waals surface area (Å²) in [4.78, 5) is 76.4. The number of aliphatic hydroxyl groups is 1. The maximum absolute atomic E-state index is 13.6. The highest BCUT2D eigenvalue weighted by molar-refractivity contribution is 5.92. The van der Waals surface area contributed by atoms with E-state index in [0.717, 1.165) is 5.56 Å². The number of carboxylic acids is 1. The molecule has 6 atom stereocenters. The van der Waals surface area contributed by atoms with Crippen LogP contribution in [0.25, 0.3) is 0 Å². The summed E-state index contributed by atoms with van der Waals surface area (Å²) in [6.07, 6.45) is 0.688. The van der Waals surface area contributed by atoms with Gasteiger partial charge in [-0.15, -0.1) is 0 Å². The fourth-order valence-corrected chi connectivity index (χ4v) is 5.45. The molecule has 0 aromatic heterocycles. The van der Waals surface area contributed by atoms with E-state index in [9.17, 15) is 33.9 Å². The van der Waals surface area contributed by atoms with Gasteiger partial charge < -0.3 is 36.8 Å². The van der Waals surface area contributed by atoms with E-state index in [-0.39, 0.29) is 63.2 Å². The van der Waals surface area contributed by atoms with Crippen LogP contribution < -0.4 is 26.6 Å². The minimum atomic E-state index is -1.27. The molecular formula is C38H65N5O8. The normalized spacial score (nSPS) is 14.5. The van der Waals surface area contributed by atoms with Gasteiger partial charge in [0.05, 0.1) is 18.6 Å². The predicted molar refractivity (Wildman–Crippen MR) is 198 cm³/mol. The fourth-order valence-electron chi connectivity index (χ4n) is 5.45. The van der Waals surface area contributed by atoms with Gasteiger partial charge in [0.1, 0.15) is 18.1 Å². The summed E-state index contributed by atoms with van der Waals surface area (Å²) < 4.78 is 0. The molecule has 5 amide bonds. The van der Waals surface area contributed by atoms with Crippen molar-refractivity contribution in [2.75, 3.05) is 6.54 Å². The van der Waals surface area contributed by atoms with Crippen molar-refractivity contribution in [3.05, 3.63) is 35.9 Å². The molecule has 1 aromatic rings. The van der Waals surface area contributed by atoms with Gasteiger partial charge in [0.25, 0.3) is 0 Å². The van der Waals surface area contributed by atoms with E-state index in [4.69, 9.17) is 5.11 Å². The van der Waals surface area contributed by atoms with Crippen LogP contribution in [0, 0.1) is 17.8 Å². The standard InChI is InChI=1S/C37H61N5O8.CH4/c1-8-14-27(39-37(50)34(25(7)9-2)41-30(44)17-13-18-32(46)47)35(48)40-28(21-23(3)4)29(43)22-31(45)42-33(24(5)6)36(49)38-20-19-26-15-11-10-12-16-26;/h10-12,15-16,23-25,27-29,33-34,43H,8-9,13-14,17-22H2,1-7H3,(H,38,49)(H,39,50)(H,40,48)(H,41,44)(H,42,45)(H,46,47);1H4/t25-,27-,28-,29-,33-,34-;/m0./s1. The van der Waals surface area contributed by atoms with Crippen molar-refractivity contribution in [3.8, 4) is 0 Å². The summed E-state index contributed by atoms with van der Waals surface area (Å²) in [7, 11) is 0. The van der Waals surface area contributed by atoms with Gasteiger partial charge in [-0.3, -0.25) is 28.8 Å². The topological polar surface area (TPSA) is 203 Å². The Balaban J connectivity index is 0.0000250. The number of nitrogens with one attached hydrogen (secondary N) is 5. The molecule has 0 bridgehead atoms. The Morgan fingerprint density at radius 1 is 0.765 bits per heavy atom. The lowest BCUT2D eigenvalue weighted by molar-refractivity contribution is -0.137. The maximum Gasteiger partial charge on any atom is 0.303 e. The first-order valence-corrected chi connectivity index (χ1v) is 18.0. The molecule has 13 heteroatoms. The Kier molecular flexibility index (Phi) is 23.1. The number of aliphatic hydroxyl groups excluding tert-OH is 1. The Labute approximate surface area is 304 Å². The number of hydrogen-bond donors (Lipinski definition) is 7. The zero-order valence-corrected chi connectivity index (χ0v) is 30.9. The molecule has 0 radical (unpaired) electrons. The number of carbonyl (C=O) groups excluding carboxylic acids is 5. The van der Waals surface area contributed by atoms with Crippen LogP contribution in [0.3, 0.4) is 0 Å². The molecule has 0 aliphatic carbocycles. The van der Waals surface area contributed by atoms with Crippen molar-refractivity contribution in [2.24, 2.45) is 17.8 Å². The van der Waals surface area contributed by atoms with Gasteiger partial charge in [0, 0.05) is 19.4 Å². The van der Waals surface area contributed by atoms with Crippen LogP contribution in [0.2, 0.25) is 0 Å². The van der Waals surface area contributed by atoms with E-state index in [2.05, 4.69) is 26.6 Å². The van der Waals surface area contributed by atoms with E-state index in [1.807, 2.05) is 71.9 Å².